The van der Waals surface area contributed by atoms with Gasteiger partial charge in [-0.3, -0.25) is 0 Å². The number of aryl methyl sites for hydroxylation is 1. The monoisotopic (exact) mass is 307 g/mol. The van der Waals surface area contributed by atoms with Crippen LogP contribution in [-0.4, -0.2) is 11.1 Å². The van der Waals surface area contributed by atoms with E-state index < -0.39 is 0 Å². The second kappa shape index (κ2) is 7.43. The van der Waals surface area contributed by atoms with E-state index in [0.717, 1.165) is 18.4 Å². The summed E-state index contributed by atoms with van der Waals surface area (Å²) in [5.74, 6) is -0.0950. The van der Waals surface area contributed by atoms with Crippen molar-refractivity contribution >= 4 is 11.6 Å². The Morgan fingerprint density at radius 3 is 2.48 bits per heavy atom. The van der Waals surface area contributed by atoms with Gasteiger partial charge >= 0.3 is 0 Å². The van der Waals surface area contributed by atoms with Gasteiger partial charge in [0.05, 0.1) is 5.02 Å². The van der Waals surface area contributed by atoms with E-state index in [-0.39, 0.29) is 16.6 Å². The Kier molecular flexibility index (Phi) is 5.59. The smallest absolute Gasteiger partial charge is 0.142 e. The third kappa shape index (κ3) is 5.03. The van der Waals surface area contributed by atoms with E-state index in [1.54, 1.807) is 18.2 Å². The van der Waals surface area contributed by atoms with Crippen LogP contribution in [0.5, 0.6) is 5.75 Å². The number of phenols is 1. The number of hydrogen-bond donors (Lipinski definition) is 2. The van der Waals surface area contributed by atoms with Crippen molar-refractivity contribution in [2.24, 2.45) is 0 Å². The summed E-state index contributed by atoms with van der Waals surface area (Å²) in [7, 11) is 0. The molecule has 4 heteroatoms. The zero-order valence-corrected chi connectivity index (χ0v) is 12.7. The first-order valence-electron chi connectivity index (χ1n) is 7.00. The fourth-order valence-electron chi connectivity index (χ4n) is 2.09. The highest BCUT2D eigenvalue weighted by Gasteiger charge is 2.05. The number of rotatable bonds is 6. The van der Waals surface area contributed by atoms with Crippen LogP contribution in [0.4, 0.5) is 4.39 Å². The molecule has 0 saturated carbocycles. The number of nitrogens with one attached hydrogen (secondary N) is 1. The molecule has 0 saturated heterocycles. The van der Waals surface area contributed by atoms with Crippen LogP contribution in [-0.2, 0) is 13.0 Å². The molecular formula is C17H19ClFNO. The van der Waals surface area contributed by atoms with Crippen molar-refractivity contribution in [2.45, 2.75) is 32.4 Å². The van der Waals surface area contributed by atoms with Crippen LogP contribution in [0.25, 0.3) is 0 Å². The number of halogens is 2. The van der Waals surface area contributed by atoms with Gasteiger partial charge < -0.3 is 10.4 Å². The molecule has 1 atom stereocenters. The molecule has 2 aromatic rings. The average molecular weight is 308 g/mol. The minimum Gasteiger partial charge on any atom is -0.508 e. The molecule has 112 valence electrons. The zero-order chi connectivity index (χ0) is 15.2. The first-order valence-corrected chi connectivity index (χ1v) is 7.37. The number of phenolic OH excluding ortho intramolecular Hbond substituents is 1. The predicted octanol–water partition coefficient (Wildman–Crippen LogP) is 4.30. The lowest BCUT2D eigenvalue weighted by Gasteiger charge is -2.14. The molecule has 0 fully saturated rings. The van der Waals surface area contributed by atoms with Crippen molar-refractivity contribution in [3.63, 3.8) is 0 Å². The van der Waals surface area contributed by atoms with E-state index in [9.17, 15) is 9.50 Å². The molecule has 2 nitrogen and oxygen atoms in total. The summed E-state index contributed by atoms with van der Waals surface area (Å²) in [5, 5.41) is 12.8. The van der Waals surface area contributed by atoms with Crippen LogP contribution < -0.4 is 5.32 Å². The van der Waals surface area contributed by atoms with Gasteiger partial charge in [-0.25, -0.2) is 4.39 Å². The molecule has 0 radical (unpaired) electrons. The van der Waals surface area contributed by atoms with E-state index in [1.807, 2.05) is 18.2 Å². The minimum absolute atomic E-state index is 0.152. The summed E-state index contributed by atoms with van der Waals surface area (Å²) in [6, 6.07) is 12.4. The average Bonchev–Trinajstić information content (AvgIpc) is 2.48. The number of benzene rings is 2. The highest BCUT2D eigenvalue weighted by atomic mass is 35.5. The summed E-state index contributed by atoms with van der Waals surface area (Å²) in [6.07, 6.45) is 1.91. The van der Waals surface area contributed by atoms with E-state index in [2.05, 4.69) is 12.2 Å². The standard InChI is InChI=1S/C17H19ClFNO/c1-12(2-3-13-4-7-15(21)8-5-13)20-11-14-6-9-16(18)17(19)10-14/h4-10,12,20-21H,2-3,11H2,1H3. The Bertz CT molecular complexity index is 586. The summed E-state index contributed by atoms with van der Waals surface area (Å²) in [5.41, 5.74) is 2.08. The van der Waals surface area contributed by atoms with Crippen molar-refractivity contribution in [1.82, 2.24) is 5.32 Å². The third-order valence-electron chi connectivity index (χ3n) is 3.44. The maximum Gasteiger partial charge on any atom is 0.142 e. The summed E-state index contributed by atoms with van der Waals surface area (Å²) >= 11 is 5.66. The van der Waals surface area contributed by atoms with Gasteiger partial charge in [0.1, 0.15) is 11.6 Å². The Balaban J connectivity index is 1.77. The van der Waals surface area contributed by atoms with Crippen LogP contribution in [0.1, 0.15) is 24.5 Å². The molecule has 2 N–H and O–H groups in total. The molecule has 0 aliphatic rings. The Morgan fingerprint density at radius 1 is 1.14 bits per heavy atom. The van der Waals surface area contributed by atoms with Crippen LogP contribution in [0.3, 0.4) is 0 Å². The SMILES string of the molecule is CC(CCc1ccc(O)cc1)NCc1ccc(Cl)c(F)c1. The maximum atomic E-state index is 13.3. The molecule has 0 aliphatic carbocycles. The maximum absolute atomic E-state index is 13.3. The second-order valence-corrected chi connectivity index (χ2v) is 5.64. The Hall–Kier alpha value is -1.58. The van der Waals surface area contributed by atoms with Crippen molar-refractivity contribution < 1.29 is 9.50 Å². The second-order valence-electron chi connectivity index (χ2n) is 5.24. The molecule has 0 spiro atoms. The Morgan fingerprint density at radius 2 is 1.81 bits per heavy atom. The molecule has 0 bridgehead atoms. The summed E-state index contributed by atoms with van der Waals surface area (Å²) < 4.78 is 13.3. The van der Waals surface area contributed by atoms with Gasteiger partial charge in [-0.2, -0.15) is 0 Å². The van der Waals surface area contributed by atoms with E-state index in [1.165, 1.54) is 11.6 Å². The van der Waals surface area contributed by atoms with Gasteiger partial charge in [0.2, 0.25) is 0 Å². The van der Waals surface area contributed by atoms with E-state index >= 15 is 0 Å². The molecule has 1 unspecified atom stereocenters. The van der Waals surface area contributed by atoms with Gasteiger partial charge in [0, 0.05) is 12.6 Å². The van der Waals surface area contributed by atoms with Gasteiger partial charge in [-0.05, 0) is 55.2 Å². The largest absolute Gasteiger partial charge is 0.508 e. The molecule has 21 heavy (non-hydrogen) atoms. The van der Waals surface area contributed by atoms with Crippen molar-refractivity contribution in [3.05, 3.63) is 64.4 Å². The normalized spacial score (nSPS) is 12.3. The third-order valence-corrected chi connectivity index (χ3v) is 3.75. The highest BCUT2D eigenvalue weighted by molar-refractivity contribution is 6.30. The van der Waals surface area contributed by atoms with Crippen LogP contribution in [0, 0.1) is 5.82 Å². The quantitative estimate of drug-likeness (QED) is 0.834. The first kappa shape index (κ1) is 15.8. The van der Waals surface area contributed by atoms with Gasteiger partial charge in [-0.15, -0.1) is 0 Å². The lowest BCUT2D eigenvalue weighted by molar-refractivity contribution is 0.474. The van der Waals surface area contributed by atoms with E-state index in [4.69, 9.17) is 11.6 Å². The fraction of sp³-hybridized carbons (Fsp3) is 0.294. The molecule has 0 aromatic heterocycles. The summed E-state index contributed by atoms with van der Waals surface area (Å²) in [6.45, 7) is 2.72. The zero-order valence-electron chi connectivity index (χ0n) is 11.9. The van der Waals surface area contributed by atoms with Crippen LogP contribution in [0.2, 0.25) is 5.02 Å². The number of hydrogen-bond acceptors (Lipinski definition) is 2. The van der Waals surface area contributed by atoms with E-state index in [0.29, 0.717) is 12.6 Å². The lowest BCUT2D eigenvalue weighted by atomic mass is 10.1. The fourth-order valence-corrected chi connectivity index (χ4v) is 2.21. The molecule has 2 rings (SSSR count). The molecule has 0 aliphatic heterocycles. The number of aromatic hydroxyl groups is 1. The molecule has 0 heterocycles. The van der Waals surface area contributed by atoms with Gasteiger partial charge in [0.25, 0.3) is 0 Å². The van der Waals surface area contributed by atoms with Crippen molar-refractivity contribution in [3.8, 4) is 5.75 Å². The van der Waals surface area contributed by atoms with Gasteiger partial charge in [-0.1, -0.05) is 29.8 Å². The van der Waals surface area contributed by atoms with Crippen LogP contribution >= 0.6 is 11.6 Å². The van der Waals surface area contributed by atoms with Crippen molar-refractivity contribution in [1.29, 1.82) is 0 Å². The first-order chi connectivity index (χ1) is 10.0. The highest BCUT2D eigenvalue weighted by Crippen LogP contribution is 2.16. The van der Waals surface area contributed by atoms with Gasteiger partial charge in [0.15, 0.2) is 0 Å². The molecule has 0 amide bonds. The molecule has 2 aromatic carbocycles. The summed E-state index contributed by atoms with van der Waals surface area (Å²) in [4.78, 5) is 0. The van der Waals surface area contributed by atoms with Crippen LogP contribution in [0.15, 0.2) is 42.5 Å². The molecular weight excluding hydrogens is 289 g/mol. The predicted molar refractivity (Wildman–Crippen MR) is 84.1 cm³/mol. The van der Waals surface area contributed by atoms with Crippen molar-refractivity contribution in [2.75, 3.05) is 0 Å². The topological polar surface area (TPSA) is 32.3 Å². The lowest BCUT2D eigenvalue weighted by Crippen LogP contribution is -2.26. The minimum atomic E-state index is -0.382. The Labute approximate surface area is 129 Å².